The van der Waals surface area contributed by atoms with Gasteiger partial charge in [0.25, 0.3) is 5.91 Å². The highest BCUT2D eigenvalue weighted by Gasteiger charge is 2.18. The maximum atomic E-state index is 13.9. The Hall–Kier alpha value is -2.56. The summed E-state index contributed by atoms with van der Waals surface area (Å²) < 4.78 is 21.1. The lowest BCUT2D eigenvalue weighted by Crippen LogP contribution is -2.26. The molecule has 0 atom stereocenters. The summed E-state index contributed by atoms with van der Waals surface area (Å²) in [4.78, 5) is 12.3. The highest BCUT2D eigenvalue weighted by atomic mass is 19.1. The molecule has 5 heteroatoms. The molecule has 1 N–H and O–H groups in total. The van der Waals surface area contributed by atoms with E-state index >= 15 is 0 Å². The third-order valence-corrected chi connectivity index (χ3v) is 3.58. The van der Waals surface area contributed by atoms with E-state index in [1.807, 2.05) is 6.92 Å². The Morgan fingerprint density at radius 3 is 2.91 bits per heavy atom. The van der Waals surface area contributed by atoms with Gasteiger partial charge in [0.05, 0.1) is 18.3 Å². The molecule has 0 aliphatic carbocycles. The molecule has 0 bridgehead atoms. The zero-order chi connectivity index (χ0) is 15.5. The molecule has 0 aliphatic heterocycles. The van der Waals surface area contributed by atoms with Crippen molar-refractivity contribution >= 4 is 17.0 Å². The molecule has 0 spiro atoms. The van der Waals surface area contributed by atoms with Gasteiger partial charge in [0.15, 0.2) is 5.58 Å². The van der Waals surface area contributed by atoms with Gasteiger partial charge in [0.2, 0.25) is 0 Å². The minimum Gasteiger partial charge on any atom is -0.463 e. The van der Waals surface area contributed by atoms with Crippen molar-refractivity contribution in [3.8, 4) is 0 Å². The number of hydrogen-bond donors (Lipinski definition) is 1. The van der Waals surface area contributed by atoms with Gasteiger partial charge in [-0.2, -0.15) is 0 Å². The molecule has 0 fully saturated rings. The molecule has 0 aliphatic rings. The zero-order valence-electron chi connectivity index (χ0n) is 12.3. The van der Waals surface area contributed by atoms with Crippen molar-refractivity contribution in [1.82, 2.24) is 9.88 Å². The van der Waals surface area contributed by atoms with Gasteiger partial charge >= 0.3 is 0 Å². The van der Waals surface area contributed by atoms with Gasteiger partial charge in [-0.3, -0.25) is 4.79 Å². The quantitative estimate of drug-likeness (QED) is 0.783. The van der Waals surface area contributed by atoms with E-state index in [4.69, 9.17) is 4.42 Å². The molecule has 0 saturated heterocycles. The van der Waals surface area contributed by atoms with E-state index in [1.54, 1.807) is 41.2 Å². The average Bonchev–Trinajstić information content (AvgIpc) is 3.09. The smallest absolute Gasteiger partial charge is 0.268 e. The second kappa shape index (κ2) is 6.05. The highest BCUT2D eigenvalue weighted by Crippen LogP contribution is 2.23. The SMILES string of the molecule is CCCNC(=O)c1cc2occc2n1Cc1ccccc1F. The van der Waals surface area contributed by atoms with Gasteiger partial charge in [-0.25, -0.2) is 4.39 Å². The summed E-state index contributed by atoms with van der Waals surface area (Å²) in [6, 6.07) is 10.0. The molecule has 114 valence electrons. The number of amides is 1. The van der Waals surface area contributed by atoms with E-state index in [9.17, 15) is 9.18 Å². The molecule has 0 unspecified atom stereocenters. The minimum absolute atomic E-state index is 0.176. The van der Waals surface area contributed by atoms with E-state index in [0.717, 1.165) is 11.9 Å². The molecule has 1 aromatic carbocycles. The number of carbonyl (C=O) groups excluding carboxylic acids is 1. The molecule has 0 saturated carbocycles. The van der Waals surface area contributed by atoms with Gasteiger partial charge in [-0.1, -0.05) is 25.1 Å². The minimum atomic E-state index is -0.284. The maximum Gasteiger partial charge on any atom is 0.268 e. The van der Waals surface area contributed by atoms with Crippen LogP contribution in [0.1, 0.15) is 29.4 Å². The number of nitrogens with one attached hydrogen (secondary N) is 1. The zero-order valence-corrected chi connectivity index (χ0v) is 12.3. The predicted molar refractivity (Wildman–Crippen MR) is 82.3 cm³/mol. The van der Waals surface area contributed by atoms with Crippen LogP contribution in [0.2, 0.25) is 0 Å². The standard InChI is InChI=1S/C17H17FN2O2/c1-2-8-19-17(21)15-10-16-14(7-9-22-16)20(15)11-12-5-3-4-6-13(12)18/h3-7,9-10H,2,8,11H2,1H3,(H,19,21). The maximum absolute atomic E-state index is 13.9. The molecule has 2 aromatic heterocycles. The Kier molecular flexibility index (Phi) is 3.96. The molecule has 3 aromatic rings. The van der Waals surface area contributed by atoms with E-state index in [-0.39, 0.29) is 18.3 Å². The van der Waals surface area contributed by atoms with Gasteiger partial charge in [-0.15, -0.1) is 0 Å². The van der Waals surface area contributed by atoms with E-state index in [1.165, 1.54) is 6.07 Å². The molecule has 2 heterocycles. The Bertz CT molecular complexity index is 804. The molecule has 4 nitrogen and oxygen atoms in total. The van der Waals surface area contributed by atoms with Crippen molar-refractivity contribution in [2.45, 2.75) is 19.9 Å². The summed E-state index contributed by atoms with van der Waals surface area (Å²) in [5.74, 6) is -0.461. The number of aromatic nitrogens is 1. The first-order chi connectivity index (χ1) is 10.7. The summed E-state index contributed by atoms with van der Waals surface area (Å²) in [6.45, 7) is 2.88. The van der Waals surface area contributed by atoms with Gasteiger partial charge in [0, 0.05) is 24.2 Å². The van der Waals surface area contributed by atoms with Crippen molar-refractivity contribution in [2.24, 2.45) is 0 Å². The normalized spacial score (nSPS) is 11.0. The van der Waals surface area contributed by atoms with Crippen LogP contribution in [0.4, 0.5) is 4.39 Å². The van der Waals surface area contributed by atoms with Crippen molar-refractivity contribution < 1.29 is 13.6 Å². The molecule has 3 rings (SSSR count). The largest absolute Gasteiger partial charge is 0.463 e. The topological polar surface area (TPSA) is 47.2 Å². The first-order valence-electron chi connectivity index (χ1n) is 7.29. The lowest BCUT2D eigenvalue weighted by atomic mass is 10.2. The lowest BCUT2D eigenvalue weighted by molar-refractivity contribution is 0.0945. The summed E-state index contributed by atoms with van der Waals surface area (Å²) in [6.07, 6.45) is 2.42. The van der Waals surface area contributed by atoms with Crippen LogP contribution >= 0.6 is 0 Å². The molecule has 0 radical (unpaired) electrons. The van der Waals surface area contributed by atoms with Crippen LogP contribution in [0.15, 0.2) is 47.1 Å². The fourth-order valence-corrected chi connectivity index (χ4v) is 2.46. The predicted octanol–water partition coefficient (Wildman–Crippen LogP) is 3.56. The third kappa shape index (κ3) is 2.62. The van der Waals surface area contributed by atoms with Crippen LogP contribution in [0.25, 0.3) is 11.1 Å². The number of furan rings is 1. The van der Waals surface area contributed by atoms with Crippen molar-refractivity contribution in [1.29, 1.82) is 0 Å². The first kappa shape index (κ1) is 14.4. The summed E-state index contributed by atoms with van der Waals surface area (Å²) in [7, 11) is 0. The van der Waals surface area contributed by atoms with E-state index in [2.05, 4.69) is 5.32 Å². The number of halogens is 1. The van der Waals surface area contributed by atoms with Crippen LogP contribution in [0.5, 0.6) is 0 Å². The number of fused-ring (bicyclic) bond motifs is 1. The van der Waals surface area contributed by atoms with Crippen molar-refractivity contribution in [3.05, 3.63) is 59.7 Å². The Balaban J connectivity index is 2.01. The summed E-state index contributed by atoms with van der Waals surface area (Å²) in [5, 5.41) is 2.84. The number of hydrogen-bond acceptors (Lipinski definition) is 2. The number of rotatable bonds is 5. The van der Waals surface area contributed by atoms with Crippen LogP contribution in [0.3, 0.4) is 0 Å². The monoisotopic (exact) mass is 300 g/mol. The van der Waals surface area contributed by atoms with Crippen LogP contribution in [-0.2, 0) is 6.54 Å². The second-order valence-electron chi connectivity index (χ2n) is 5.13. The highest BCUT2D eigenvalue weighted by molar-refractivity contribution is 5.97. The molecular weight excluding hydrogens is 283 g/mol. The summed E-state index contributed by atoms with van der Waals surface area (Å²) >= 11 is 0. The lowest BCUT2D eigenvalue weighted by Gasteiger charge is -2.11. The Morgan fingerprint density at radius 2 is 2.14 bits per heavy atom. The molecular formula is C17H17FN2O2. The van der Waals surface area contributed by atoms with E-state index < -0.39 is 0 Å². The first-order valence-corrected chi connectivity index (χ1v) is 7.29. The van der Waals surface area contributed by atoms with E-state index in [0.29, 0.717) is 23.4 Å². The fraction of sp³-hybridized carbons (Fsp3) is 0.235. The van der Waals surface area contributed by atoms with Crippen molar-refractivity contribution in [3.63, 3.8) is 0 Å². The Morgan fingerprint density at radius 1 is 1.32 bits per heavy atom. The average molecular weight is 300 g/mol. The number of nitrogens with zero attached hydrogens (tertiary/aromatic N) is 1. The van der Waals surface area contributed by atoms with Gasteiger partial charge in [-0.05, 0) is 12.5 Å². The second-order valence-corrected chi connectivity index (χ2v) is 5.13. The van der Waals surface area contributed by atoms with Crippen LogP contribution in [0, 0.1) is 5.82 Å². The molecule has 1 amide bonds. The third-order valence-electron chi connectivity index (χ3n) is 3.58. The van der Waals surface area contributed by atoms with Crippen LogP contribution in [-0.4, -0.2) is 17.0 Å². The van der Waals surface area contributed by atoms with Gasteiger partial charge < -0.3 is 14.3 Å². The van der Waals surface area contributed by atoms with Crippen LogP contribution < -0.4 is 5.32 Å². The molecule has 22 heavy (non-hydrogen) atoms. The van der Waals surface area contributed by atoms with Crippen molar-refractivity contribution in [2.75, 3.05) is 6.54 Å². The van der Waals surface area contributed by atoms with Gasteiger partial charge in [0.1, 0.15) is 11.5 Å². The Labute approximate surface area is 127 Å². The summed E-state index contributed by atoms with van der Waals surface area (Å²) in [5.41, 5.74) is 2.42. The number of benzene rings is 1. The number of carbonyl (C=O) groups is 1. The fourth-order valence-electron chi connectivity index (χ4n) is 2.46.